The van der Waals surface area contributed by atoms with Gasteiger partial charge in [-0.25, -0.2) is 4.79 Å². The van der Waals surface area contributed by atoms with Crippen molar-refractivity contribution in [1.29, 1.82) is 0 Å². The third kappa shape index (κ3) is 3.94. The number of ether oxygens (including phenoxy) is 1. The number of urea groups is 1. The molecule has 0 N–H and O–H groups in total. The largest absolute Gasteiger partial charge is 0.385 e. The number of likely N-dealkylation sites (tertiary alicyclic amines) is 1. The normalized spacial score (nSPS) is 21.6. The summed E-state index contributed by atoms with van der Waals surface area (Å²) in [7, 11) is 3.55. The van der Waals surface area contributed by atoms with Crippen molar-refractivity contribution in [1.82, 2.24) is 14.8 Å². The summed E-state index contributed by atoms with van der Waals surface area (Å²) < 4.78 is 5.05. The van der Waals surface area contributed by atoms with Crippen LogP contribution in [0, 0.1) is 5.92 Å². The number of hydrogen-bond donors (Lipinski definition) is 0. The fourth-order valence-corrected chi connectivity index (χ4v) is 2.91. The lowest BCUT2D eigenvalue weighted by molar-refractivity contribution is 0.146. The first-order valence-electron chi connectivity index (χ1n) is 7.54. The van der Waals surface area contributed by atoms with E-state index in [0.717, 1.165) is 31.5 Å². The van der Waals surface area contributed by atoms with Crippen LogP contribution in [-0.2, 0) is 4.74 Å². The SMILES string of the molecule is COCCCN(C)C(=O)N1C[C@@H](C)C[C@@H]1c1cccnc1. The molecule has 0 saturated carbocycles. The highest BCUT2D eigenvalue weighted by Gasteiger charge is 2.35. The fourth-order valence-electron chi connectivity index (χ4n) is 2.91. The summed E-state index contributed by atoms with van der Waals surface area (Å²) in [5.41, 5.74) is 1.13. The molecule has 0 aliphatic carbocycles. The lowest BCUT2D eigenvalue weighted by Crippen LogP contribution is -2.41. The zero-order valence-corrected chi connectivity index (χ0v) is 13.2. The molecule has 2 amide bonds. The molecule has 2 rings (SSSR count). The van der Waals surface area contributed by atoms with Gasteiger partial charge >= 0.3 is 6.03 Å². The van der Waals surface area contributed by atoms with Crippen molar-refractivity contribution in [3.05, 3.63) is 30.1 Å². The van der Waals surface area contributed by atoms with E-state index in [4.69, 9.17) is 4.74 Å². The van der Waals surface area contributed by atoms with Gasteiger partial charge in [-0.15, -0.1) is 0 Å². The van der Waals surface area contributed by atoms with E-state index in [1.54, 1.807) is 18.2 Å². The highest BCUT2D eigenvalue weighted by atomic mass is 16.5. The van der Waals surface area contributed by atoms with Crippen molar-refractivity contribution in [2.75, 3.05) is 33.9 Å². The molecule has 116 valence electrons. The summed E-state index contributed by atoms with van der Waals surface area (Å²) in [6.07, 6.45) is 5.50. The van der Waals surface area contributed by atoms with Gasteiger partial charge in [-0.3, -0.25) is 4.98 Å². The van der Waals surface area contributed by atoms with E-state index in [0.29, 0.717) is 12.5 Å². The highest BCUT2D eigenvalue weighted by molar-refractivity contribution is 5.75. The molecule has 0 bridgehead atoms. The van der Waals surface area contributed by atoms with Crippen LogP contribution >= 0.6 is 0 Å². The third-order valence-electron chi connectivity index (χ3n) is 3.99. The van der Waals surface area contributed by atoms with Gasteiger partial charge in [0.05, 0.1) is 6.04 Å². The number of methoxy groups -OCH3 is 1. The molecule has 21 heavy (non-hydrogen) atoms. The minimum absolute atomic E-state index is 0.101. The van der Waals surface area contributed by atoms with Crippen LogP contribution in [0.1, 0.15) is 31.4 Å². The molecule has 1 fully saturated rings. The Kier molecular flexibility index (Phi) is 5.56. The zero-order valence-electron chi connectivity index (χ0n) is 13.2. The van der Waals surface area contributed by atoms with Gasteiger partial charge in [0.15, 0.2) is 0 Å². The number of aromatic nitrogens is 1. The molecule has 1 aliphatic heterocycles. The Labute approximate surface area is 126 Å². The maximum atomic E-state index is 12.7. The minimum atomic E-state index is 0.101. The number of amides is 2. The monoisotopic (exact) mass is 291 g/mol. The van der Waals surface area contributed by atoms with Crippen LogP contribution in [-0.4, -0.2) is 54.7 Å². The standard InChI is InChI=1S/C16H25N3O2/c1-13-10-15(14-6-4-7-17-11-14)19(12-13)16(20)18(2)8-5-9-21-3/h4,6-7,11,13,15H,5,8-10,12H2,1-3H3/t13-,15+/m0/s1. The summed E-state index contributed by atoms with van der Waals surface area (Å²) in [6, 6.07) is 4.24. The van der Waals surface area contributed by atoms with E-state index >= 15 is 0 Å². The summed E-state index contributed by atoms with van der Waals surface area (Å²) in [4.78, 5) is 20.6. The highest BCUT2D eigenvalue weighted by Crippen LogP contribution is 2.35. The Morgan fingerprint density at radius 3 is 3.05 bits per heavy atom. The lowest BCUT2D eigenvalue weighted by atomic mass is 10.0. The Balaban J connectivity index is 2.04. The third-order valence-corrected chi connectivity index (χ3v) is 3.99. The first kappa shape index (κ1) is 15.8. The van der Waals surface area contributed by atoms with Gasteiger partial charge in [0.2, 0.25) is 0 Å². The smallest absolute Gasteiger partial charge is 0.320 e. The van der Waals surface area contributed by atoms with E-state index in [1.165, 1.54) is 0 Å². The lowest BCUT2D eigenvalue weighted by Gasteiger charge is -2.29. The fraction of sp³-hybridized carbons (Fsp3) is 0.625. The Morgan fingerprint density at radius 2 is 2.38 bits per heavy atom. The van der Waals surface area contributed by atoms with Crippen molar-refractivity contribution in [2.45, 2.75) is 25.8 Å². The van der Waals surface area contributed by atoms with Crippen LogP contribution in [0.2, 0.25) is 0 Å². The topological polar surface area (TPSA) is 45.7 Å². The Hall–Kier alpha value is -1.62. The summed E-state index contributed by atoms with van der Waals surface area (Å²) in [5.74, 6) is 0.520. The number of rotatable bonds is 5. The molecule has 0 unspecified atom stereocenters. The van der Waals surface area contributed by atoms with Crippen LogP contribution in [0.25, 0.3) is 0 Å². The van der Waals surface area contributed by atoms with Crippen LogP contribution in [0.5, 0.6) is 0 Å². The molecule has 1 aromatic heterocycles. The molecule has 1 aromatic rings. The molecule has 2 atom stereocenters. The van der Waals surface area contributed by atoms with Crippen molar-refractivity contribution in [3.8, 4) is 0 Å². The number of pyridine rings is 1. The molecule has 2 heterocycles. The maximum Gasteiger partial charge on any atom is 0.320 e. The van der Waals surface area contributed by atoms with E-state index < -0.39 is 0 Å². The van der Waals surface area contributed by atoms with Gasteiger partial charge in [-0.2, -0.15) is 0 Å². The summed E-state index contributed by atoms with van der Waals surface area (Å²) in [5, 5.41) is 0. The van der Waals surface area contributed by atoms with Crippen molar-refractivity contribution >= 4 is 6.03 Å². The number of hydrogen-bond acceptors (Lipinski definition) is 3. The van der Waals surface area contributed by atoms with Gasteiger partial charge in [0.1, 0.15) is 0 Å². The van der Waals surface area contributed by atoms with E-state index in [1.807, 2.05) is 24.2 Å². The van der Waals surface area contributed by atoms with Crippen LogP contribution in [0.4, 0.5) is 4.79 Å². The quantitative estimate of drug-likeness (QED) is 0.783. The van der Waals surface area contributed by atoms with Gasteiger partial charge in [0, 0.05) is 46.2 Å². The number of nitrogens with zero attached hydrogens (tertiary/aromatic N) is 3. The predicted octanol–water partition coefficient (Wildman–Crippen LogP) is 2.55. The molecule has 5 heteroatoms. The van der Waals surface area contributed by atoms with Crippen LogP contribution in [0.3, 0.4) is 0 Å². The van der Waals surface area contributed by atoms with Crippen molar-refractivity contribution in [2.24, 2.45) is 5.92 Å². The number of carbonyl (C=O) groups excluding carboxylic acids is 1. The molecular weight excluding hydrogens is 266 g/mol. The second-order valence-electron chi connectivity index (χ2n) is 5.85. The van der Waals surface area contributed by atoms with Gasteiger partial charge in [-0.1, -0.05) is 13.0 Å². The van der Waals surface area contributed by atoms with Crippen LogP contribution < -0.4 is 0 Å². The van der Waals surface area contributed by atoms with Crippen LogP contribution in [0.15, 0.2) is 24.5 Å². The molecule has 1 aliphatic rings. The van der Waals surface area contributed by atoms with E-state index in [-0.39, 0.29) is 12.1 Å². The molecule has 5 nitrogen and oxygen atoms in total. The molecular formula is C16H25N3O2. The molecule has 0 aromatic carbocycles. The summed E-state index contributed by atoms with van der Waals surface area (Å²) in [6.45, 7) is 4.41. The minimum Gasteiger partial charge on any atom is -0.385 e. The van der Waals surface area contributed by atoms with Crippen molar-refractivity contribution in [3.63, 3.8) is 0 Å². The average Bonchev–Trinajstić information content (AvgIpc) is 2.89. The molecule has 0 spiro atoms. The van der Waals surface area contributed by atoms with E-state index in [2.05, 4.69) is 18.0 Å². The average molecular weight is 291 g/mol. The second-order valence-corrected chi connectivity index (χ2v) is 5.85. The van der Waals surface area contributed by atoms with E-state index in [9.17, 15) is 4.79 Å². The first-order chi connectivity index (χ1) is 10.1. The molecule has 1 saturated heterocycles. The maximum absolute atomic E-state index is 12.7. The molecule has 0 radical (unpaired) electrons. The Bertz CT molecular complexity index is 452. The zero-order chi connectivity index (χ0) is 15.2. The van der Waals surface area contributed by atoms with Gasteiger partial charge in [-0.05, 0) is 30.4 Å². The number of carbonyl (C=O) groups is 1. The second kappa shape index (κ2) is 7.41. The predicted molar refractivity (Wildman–Crippen MR) is 82.0 cm³/mol. The van der Waals surface area contributed by atoms with Gasteiger partial charge in [0.25, 0.3) is 0 Å². The van der Waals surface area contributed by atoms with Gasteiger partial charge < -0.3 is 14.5 Å². The first-order valence-corrected chi connectivity index (χ1v) is 7.54. The Morgan fingerprint density at radius 1 is 1.57 bits per heavy atom. The summed E-state index contributed by atoms with van der Waals surface area (Å²) >= 11 is 0. The van der Waals surface area contributed by atoms with Crippen molar-refractivity contribution < 1.29 is 9.53 Å².